The normalized spacial score (nSPS) is 27.2. The minimum atomic E-state index is -2.45. The summed E-state index contributed by atoms with van der Waals surface area (Å²) in [6.07, 6.45) is 4.10. The third-order valence-electron chi connectivity index (χ3n) is 4.43. The summed E-state index contributed by atoms with van der Waals surface area (Å²) in [5.74, 6) is 0.598. The standard InChI is InChI=1S/C15H26F2N2O2/c1-2-5-12-15(20)19(8-9-21-10-13(16)17)14(18-12)11-6-3-4-7-11/h11-14,18H,2-10H2,1H3. The number of carbonyl (C=O) groups is 1. The van der Waals surface area contributed by atoms with E-state index in [0.717, 1.165) is 25.7 Å². The lowest BCUT2D eigenvalue weighted by Gasteiger charge is -2.28. The first-order valence-electron chi connectivity index (χ1n) is 8.06. The number of alkyl halides is 2. The molecule has 1 saturated heterocycles. The van der Waals surface area contributed by atoms with Gasteiger partial charge in [-0.3, -0.25) is 10.1 Å². The first-order valence-corrected chi connectivity index (χ1v) is 8.06. The average molecular weight is 304 g/mol. The average Bonchev–Trinajstić information content (AvgIpc) is 3.05. The maximum atomic E-state index is 12.5. The zero-order valence-electron chi connectivity index (χ0n) is 12.7. The highest BCUT2D eigenvalue weighted by Crippen LogP contribution is 2.32. The molecule has 0 aromatic rings. The molecule has 1 N–H and O–H groups in total. The number of hydrogen-bond acceptors (Lipinski definition) is 3. The highest BCUT2D eigenvalue weighted by molar-refractivity contribution is 5.84. The molecule has 4 nitrogen and oxygen atoms in total. The summed E-state index contributed by atoms with van der Waals surface area (Å²) in [5.41, 5.74) is 0. The van der Waals surface area contributed by atoms with Crippen LogP contribution in [-0.4, -0.2) is 49.2 Å². The van der Waals surface area contributed by atoms with Crippen LogP contribution in [0.1, 0.15) is 45.4 Å². The summed E-state index contributed by atoms with van der Waals surface area (Å²) in [4.78, 5) is 14.3. The summed E-state index contributed by atoms with van der Waals surface area (Å²) in [6, 6.07) is -0.115. The van der Waals surface area contributed by atoms with Gasteiger partial charge < -0.3 is 9.64 Å². The lowest BCUT2D eigenvalue weighted by molar-refractivity contribution is -0.131. The van der Waals surface area contributed by atoms with E-state index in [1.807, 2.05) is 4.90 Å². The van der Waals surface area contributed by atoms with E-state index in [2.05, 4.69) is 12.2 Å². The van der Waals surface area contributed by atoms with Crippen molar-refractivity contribution in [2.75, 3.05) is 19.8 Å². The number of carbonyl (C=O) groups excluding carboxylic acids is 1. The van der Waals surface area contributed by atoms with Crippen LogP contribution in [0.15, 0.2) is 0 Å². The van der Waals surface area contributed by atoms with Gasteiger partial charge in [-0.25, -0.2) is 8.78 Å². The van der Waals surface area contributed by atoms with Crippen LogP contribution < -0.4 is 5.32 Å². The molecule has 0 spiro atoms. The maximum absolute atomic E-state index is 12.5. The topological polar surface area (TPSA) is 41.6 Å². The van der Waals surface area contributed by atoms with Gasteiger partial charge in [-0.05, 0) is 25.2 Å². The first kappa shape index (κ1) is 16.6. The van der Waals surface area contributed by atoms with Gasteiger partial charge in [0.1, 0.15) is 6.61 Å². The summed E-state index contributed by atoms with van der Waals surface area (Å²) >= 11 is 0. The molecule has 1 heterocycles. The van der Waals surface area contributed by atoms with Gasteiger partial charge in [0.25, 0.3) is 6.43 Å². The van der Waals surface area contributed by atoms with Crippen molar-refractivity contribution in [2.24, 2.45) is 5.92 Å². The minimum Gasteiger partial charge on any atom is -0.374 e. The Bertz CT molecular complexity index is 336. The molecule has 1 aliphatic heterocycles. The molecule has 6 heteroatoms. The highest BCUT2D eigenvalue weighted by atomic mass is 19.3. The van der Waals surface area contributed by atoms with Gasteiger partial charge >= 0.3 is 0 Å². The molecule has 2 unspecified atom stereocenters. The van der Waals surface area contributed by atoms with Crippen LogP contribution in [0.25, 0.3) is 0 Å². The fourth-order valence-electron chi connectivity index (χ4n) is 3.45. The van der Waals surface area contributed by atoms with Gasteiger partial charge in [-0.1, -0.05) is 26.2 Å². The second-order valence-corrected chi connectivity index (χ2v) is 5.99. The van der Waals surface area contributed by atoms with Crippen LogP contribution >= 0.6 is 0 Å². The number of halogens is 2. The van der Waals surface area contributed by atoms with Gasteiger partial charge in [-0.15, -0.1) is 0 Å². The maximum Gasteiger partial charge on any atom is 0.261 e. The van der Waals surface area contributed by atoms with Gasteiger partial charge in [0.05, 0.1) is 18.8 Å². The molecular weight excluding hydrogens is 278 g/mol. The minimum absolute atomic E-state index is 0.0618. The van der Waals surface area contributed by atoms with Crippen molar-refractivity contribution in [2.45, 2.75) is 64.1 Å². The Balaban J connectivity index is 1.90. The fraction of sp³-hybridized carbons (Fsp3) is 0.933. The molecule has 2 rings (SSSR count). The Morgan fingerprint density at radius 2 is 2.10 bits per heavy atom. The largest absolute Gasteiger partial charge is 0.374 e. The first-order chi connectivity index (χ1) is 10.1. The zero-order valence-corrected chi connectivity index (χ0v) is 12.7. The van der Waals surface area contributed by atoms with Crippen LogP contribution in [0, 0.1) is 5.92 Å². The number of nitrogens with one attached hydrogen (secondary N) is 1. The van der Waals surface area contributed by atoms with Crippen molar-refractivity contribution in [1.82, 2.24) is 10.2 Å². The van der Waals surface area contributed by atoms with Crippen molar-refractivity contribution in [3.63, 3.8) is 0 Å². The van der Waals surface area contributed by atoms with Crippen LogP contribution in [0.4, 0.5) is 8.78 Å². The van der Waals surface area contributed by atoms with E-state index in [4.69, 9.17) is 4.74 Å². The zero-order chi connectivity index (χ0) is 15.2. The van der Waals surface area contributed by atoms with Gasteiger partial charge in [0, 0.05) is 6.54 Å². The molecule has 2 fully saturated rings. The molecule has 2 atom stereocenters. The molecule has 2 aliphatic rings. The Morgan fingerprint density at radius 3 is 2.71 bits per heavy atom. The van der Waals surface area contributed by atoms with Gasteiger partial charge in [0.15, 0.2) is 0 Å². The number of rotatable bonds is 8. The van der Waals surface area contributed by atoms with Crippen LogP contribution in [-0.2, 0) is 9.53 Å². The quantitative estimate of drug-likeness (QED) is 0.700. The second-order valence-electron chi connectivity index (χ2n) is 5.99. The molecular formula is C15H26F2N2O2. The van der Waals surface area contributed by atoms with Crippen LogP contribution in [0.3, 0.4) is 0 Å². The predicted molar refractivity (Wildman–Crippen MR) is 76.1 cm³/mol. The van der Waals surface area contributed by atoms with E-state index in [9.17, 15) is 13.6 Å². The molecule has 0 aromatic carbocycles. The monoisotopic (exact) mass is 304 g/mol. The van der Waals surface area contributed by atoms with Crippen molar-refractivity contribution >= 4 is 5.91 Å². The molecule has 1 amide bonds. The Kier molecular flexibility index (Phi) is 6.36. The number of amides is 1. The van der Waals surface area contributed by atoms with Gasteiger partial charge in [-0.2, -0.15) is 0 Å². The second kappa shape index (κ2) is 8.03. The van der Waals surface area contributed by atoms with Crippen molar-refractivity contribution < 1.29 is 18.3 Å². The van der Waals surface area contributed by atoms with Crippen LogP contribution in [0.2, 0.25) is 0 Å². The van der Waals surface area contributed by atoms with E-state index in [1.165, 1.54) is 12.8 Å². The molecule has 0 radical (unpaired) electrons. The summed E-state index contributed by atoms with van der Waals surface area (Å²) in [6.45, 7) is 2.09. The van der Waals surface area contributed by atoms with Crippen molar-refractivity contribution in [3.05, 3.63) is 0 Å². The van der Waals surface area contributed by atoms with E-state index in [0.29, 0.717) is 12.5 Å². The van der Waals surface area contributed by atoms with Gasteiger partial charge in [0.2, 0.25) is 5.91 Å². The Labute approximate surface area is 125 Å². The number of nitrogens with zero attached hydrogens (tertiary/aromatic N) is 1. The van der Waals surface area contributed by atoms with E-state index in [-0.39, 0.29) is 24.7 Å². The fourth-order valence-corrected chi connectivity index (χ4v) is 3.45. The summed E-state index contributed by atoms with van der Waals surface area (Å²) < 4.78 is 29.1. The van der Waals surface area contributed by atoms with E-state index < -0.39 is 13.0 Å². The Morgan fingerprint density at radius 1 is 1.38 bits per heavy atom. The summed E-state index contributed by atoms with van der Waals surface area (Å²) in [7, 11) is 0. The predicted octanol–water partition coefficient (Wildman–Crippen LogP) is 2.38. The number of hydrogen-bond donors (Lipinski definition) is 1. The third kappa shape index (κ3) is 4.36. The SMILES string of the molecule is CCCC1NC(C2CCCC2)N(CCOCC(F)F)C1=O. The molecule has 1 saturated carbocycles. The number of ether oxygens (including phenoxy) is 1. The molecule has 0 aromatic heterocycles. The van der Waals surface area contributed by atoms with E-state index in [1.54, 1.807) is 0 Å². The third-order valence-corrected chi connectivity index (χ3v) is 4.43. The molecule has 122 valence electrons. The summed E-state index contributed by atoms with van der Waals surface area (Å²) in [5, 5.41) is 3.46. The van der Waals surface area contributed by atoms with Crippen LogP contribution in [0.5, 0.6) is 0 Å². The smallest absolute Gasteiger partial charge is 0.261 e. The van der Waals surface area contributed by atoms with E-state index >= 15 is 0 Å². The highest BCUT2D eigenvalue weighted by Gasteiger charge is 2.42. The molecule has 21 heavy (non-hydrogen) atoms. The molecule has 1 aliphatic carbocycles. The Hall–Kier alpha value is -0.750. The lowest BCUT2D eigenvalue weighted by Crippen LogP contribution is -2.44. The van der Waals surface area contributed by atoms with Crippen molar-refractivity contribution in [1.29, 1.82) is 0 Å². The molecule has 0 bridgehead atoms. The van der Waals surface area contributed by atoms with Crippen molar-refractivity contribution in [3.8, 4) is 0 Å². The lowest BCUT2D eigenvalue weighted by atomic mass is 10.0.